The number of hydrogen-bond donors (Lipinski definition) is 0. The summed E-state index contributed by atoms with van der Waals surface area (Å²) in [5.74, 6) is 0.572. The first kappa shape index (κ1) is 14.8. The topological polar surface area (TPSA) is 72.0 Å². The van der Waals surface area contributed by atoms with Crippen LogP contribution in [0.25, 0.3) is 0 Å². The van der Waals surface area contributed by atoms with Gasteiger partial charge in [-0.15, -0.1) is 0 Å². The normalized spacial score (nSPS) is 24.7. The number of hydrogen-bond acceptors (Lipinski definition) is 5. The first-order valence-electron chi connectivity index (χ1n) is 7.36. The van der Waals surface area contributed by atoms with Gasteiger partial charge in [0.05, 0.1) is 12.2 Å². The number of ether oxygens (including phenoxy) is 2. The van der Waals surface area contributed by atoms with Gasteiger partial charge in [-0.1, -0.05) is 0 Å². The minimum absolute atomic E-state index is 0.00139. The monoisotopic (exact) mass is 305 g/mol. The summed E-state index contributed by atoms with van der Waals surface area (Å²) >= 11 is 0. The standard InChI is InChI=1S/C15H19N3O4/c1-10-6-17(7-11(2)22-10)13(19)8-18-14(20)9-21-12-4-3-5-16-15(12)18/h3-5,10-11H,6-9H2,1-2H3. The summed E-state index contributed by atoms with van der Waals surface area (Å²) in [5.41, 5.74) is 0. The maximum atomic E-state index is 12.5. The molecule has 0 spiro atoms. The van der Waals surface area contributed by atoms with Gasteiger partial charge >= 0.3 is 0 Å². The lowest BCUT2D eigenvalue weighted by atomic mass is 10.2. The zero-order valence-corrected chi connectivity index (χ0v) is 12.7. The Balaban J connectivity index is 1.75. The van der Waals surface area contributed by atoms with Gasteiger partial charge in [-0.2, -0.15) is 0 Å². The van der Waals surface area contributed by atoms with Gasteiger partial charge in [0.2, 0.25) is 5.91 Å². The van der Waals surface area contributed by atoms with Gasteiger partial charge in [-0.25, -0.2) is 4.98 Å². The van der Waals surface area contributed by atoms with Crippen LogP contribution in [0.4, 0.5) is 5.82 Å². The van der Waals surface area contributed by atoms with Crippen LogP contribution in [-0.2, 0) is 14.3 Å². The Bertz CT molecular complexity index is 582. The van der Waals surface area contributed by atoms with E-state index < -0.39 is 0 Å². The highest BCUT2D eigenvalue weighted by molar-refractivity contribution is 6.01. The molecule has 1 aromatic rings. The Kier molecular flexibility index (Phi) is 3.98. The van der Waals surface area contributed by atoms with Crippen molar-refractivity contribution in [3.63, 3.8) is 0 Å². The van der Waals surface area contributed by atoms with E-state index in [1.165, 1.54) is 4.90 Å². The zero-order chi connectivity index (χ0) is 15.7. The van der Waals surface area contributed by atoms with Crippen molar-refractivity contribution < 1.29 is 19.1 Å². The average Bonchev–Trinajstić information content (AvgIpc) is 2.49. The van der Waals surface area contributed by atoms with Crippen LogP contribution >= 0.6 is 0 Å². The molecule has 0 radical (unpaired) electrons. The number of anilines is 1. The first-order chi connectivity index (χ1) is 10.5. The van der Waals surface area contributed by atoms with E-state index >= 15 is 0 Å². The summed E-state index contributed by atoms with van der Waals surface area (Å²) < 4.78 is 11.0. The van der Waals surface area contributed by atoms with Crippen molar-refractivity contribution >= 4 is 17.6 Å². The maximum absolute atomic E-state index is 12.5. The molecule has 1 fully saturated rings. The number of rotatable bonds is 2. The largest absolute Gasteiger partial charge is 0.480 e. The van der Waals surface area contributed by atoms with Gasteiger partial charge in [0.15, 0.2) is 18.2 Å². The third-order valence-corrected chi connectivity index (χ3v) is 3.72. The zero-order valence-electron chi connectivity index (χ0n) is 12.7. The molecule has 2 aliphatic heterocycles. The molecule has 2 unspecified atom stereocenters. The fourth-order valence-electron chi connectivity index (χ4n) is 2.81. The highest BCUT2D eigenvalue weighted by Crippen LogP contribution is 2.28. The molecule has 22 heavy (non-hydrogen) atoms. The van der Waals surface area contributed by atoms with Crippen molar-refractivity contribution in [2.24, 2.45) is 0 Å². The lowest BCUT2D eigenvalue weighted by molar-refractivity contribution is -0.142. The maximum Gasteiger partial charge on any atom is 0.266 e. The van der Waals surface area contributed by atoms with Crippen LogP contribution in [0.1, 0.15) is 13.8 Å². The van der Waals surface area contributed by atoms with E-state index in [4.69, 9.17) is 9.47 Å². The van der Waals surface area contributed by atoms with Gasteiger partial charge in [0.25, 0.3) is 5.91 Å². The van der Waals surface area contributed by atoms with E-state index in [0.29, 0.717) is 24.7 Å². The van der Waals surface area contributed by atoms with Crippen LogP contribution in [0, 0.1) is 0 Å². The van der Waals surface area contributed by atoms with E-state index in [1.54, 1.807) is 23.2 Å². The van der Waals surface area contributed by atoms with Crippen LogP contribution in [0.15, 0.2) is 18.3 Å². The second kappa shape index (κ2) is 5.92. The first-order valence-corrected chi connectivity index (χ1v) is 7.36. The summed E-state index contributed by atoms with van der Waals surface area (Å²) in [6, 6.07) is 3.48. The number of amides is 2. The van der Waals surface area contributed by atoms with E-state index in [0.717, 1.165) is 0 Å². The van der Waals surface area contributed by atoms with Crippen LogP contribution in [-0.4, -0.2) is 60.1 Å². The molecule has 2 aliphatic rings. The lowest BCUT2D eigenvalue weighted by Crippen LogP contribution is -2.53. The highest BCUT2D eigenvalue weighted by atomic mass is 16.5. The van der Waals surface area contributed by atoms with Crippen LogP contribution in [0.2, 0.25) is 0 Å². The molecule has 2 amide bonds. The smallest absolute Gasteiger partial charge is 0.266 e. The van der Waals surface area contributed by atoms with Gasteiger partial charge in [-0.3, -0.25) is 14.5 Å². The Hall–Kier alpha value is -2.15. The molecular weight excluding hydrogens is 286 g/mol. The number of fused-ring (bicyclic) bond motifs is 1. The molecule has 1 saturated heterocycles. The minimum Gasteiger partial charge on any atom is -0.480 e. The number of carbonyl (C=O) groups excluding carboxylic acids is 2. The second-order valence-electron chi connectivity index (χ2n) is 5.65. The van der Waals surface area contributed by atoms with E-state index in [-0.39, 0.29) is 37.2 Å². The summed E-state index contributed by atoms with van der Waals surface area (Å²) in [6.07, 6.45) is 1.58. The van der Waals surface area contributed by atoms with Gasteiger partial charge in [0.1, 0.15) is 6.54 Å². The van der Waals surface area contributed by atoms with Crippen molar-refractivity contribution in [3.05, 3.63) is 18.3 Å². The molecule has 0 N–H and O–H groups in total. The summed E-state index contributed by atoms with van der Waals surface area (Å²) in [5, 5.41) is 0. The molecular formula is C15H19N3O4. The molecule has 0 aliphatic carbocycles. The number of morpholine rings is 1. The molecule has 0 saturated carbocycles. The molecule has 0 bridgehead atoms. The van der Waals surface area contributed by atoms with Crippen LogP contribution in [0.3, 0.4) is 0 Å². The Morgan fingerprint density at radius 3 is 2.82 bits per heavy atom. The van der Waals surface area contributed by atoms with Crippen molar-refractivity contribution in [1.82, 2.24) is 9.88 Å². The Labute approximate surface area is 128 Å². The second-order valence-corrected chi connectivity index (χ2v) is 5.65. The predicted molar refractivity (Wildman–Crippen MR) is 78.7 cm³/mol. The number of aromatic nitrogens is 1. The molecule has 118 valence electrons. The Morgan fingerprint density at radius 2 is 2.09 bits per heavy atom. The highest BCUT2D eigenvalue weighted by Gasteiger charge is 2.32. The SMILES string of the molecule is CC1CN(C(=O)CN2C(=O)COc3cccnc32)CC(C)O1. The average molecular weight is 305 g/mol. The quantitative estimate of drug-likeness (QED) is 0.793. The minimum atomic E-state index is -0.256. The molecule has 3 rings (SSSR count). The summed E-state index contributed by atoms with van der Waals surface area (Å²) in [6.45, 7) is 4.86. The lowest BCUT2D eigenvalue weighted by Gasteiger charge is -2.36. The predicted octanol–water partition coefficient (Wildman–Crippen LogP) is 0.443. The van der Waals surface area contributed by atoms with Crippen molar-refractivity contribution in [3.8, 4) is 5.75 Å². The molecule has 7 heteroatoms. The number of pyridine rings is 1. The molecule has 7 nitrogen and oxygen atoms in total. The van der Waals surface area contributed by atoms with Crippen molar-refractivity contribution in [2.45, 2.75) is 26.1 Å². The van der Waals surface area contributed by atoms with E-state index in [1.807, 2.05) is 13.8 Å². The molecule has 2 atom stereocenters. The van der Waals surface area contributed by atoms with Crippen LogP contribution < -0.4 is 9.64 Å². The van der Waals surface area contributed by atoms with E-state index in [9.17, 15) is 9.59 Å². The van der Waals surface area contributed by atoms with E-state index in [2.05, 4.69) is 4.98 Å². The number of nitrogens with zero attached hydrogens (tertiary/aromatic N) is 3. The fourth-order valence-corrected chi connectivity index (χ4v) is 2.81. The molecule has 0 aromatic carbocycles. The van der Waals surface area contributed by atoms with Crippen molar-refractivity contribution in [2.75, 3.05) is 31.1 Å². The third kappa shape index (κ3) is 2.89. The Morgan fingerprint density at radius 1 is 1.36 bits per heavy atom. The number of carbonyl (C=O) groups is 2. The van der Waals surface area contributed by atoms with Crippen LogP contribution in [0.5, 0.6) is 5.75 Å². The van der Waals surface area contributed by atoms with Gasteiger partial charge < -0.3 is 14.4 Å². The van der Waals surface area contributed by atoms with Gasteiger partial charge in [-0.05, 0) is 26.0 Å². The van der Waals surface area contributed by atoms with Gasteiger partial charge in [0, 0.05) is 19.3 Å². The molecule has 3 heterocycles. The third-order valence-electron chi connectivity index (χ3n) is 3.72. The molecule has 1 aromatic heterocycles. The fraction of sp³-hybridized carbons (Fsp3) is 0.533. The summed E-state index contributed by atoms with van der Waals surface area (Å²) in [7, 11) is 0. The summed E-state index contributed by atoms with van der Waals surface area (Å²) in [4.78, 5) is 31.9. The van der Waals surface area contributed by atoms with Crippen molar-refractivity contribution in [1.29, 1.82) is 0 Å².